The molecule has 3 N–H and O–H groups in total. The van der Waals surface area contributed by atoms with Gasteiger partial charge < -0.3 is 5.73 Å². The van der Waals surface area contributed by atoms with E-state index in [1.807, 2.05) is 19.1 Å². The van der Waals surface area contributed by atoms with Gasteiger partial charge in [0.25, 0.3) is 10.0 Å². The lowest BCUT2D eigenvalue weighted by Gasteiger charge is -2.12. The molecule has 0 aromatic heterocycles. The molecule has 0 bridgehead atoms. The largest absolute Gasteiger partial charge is 0.396 e. The smallest absolute Gasteiger partial charge is 0.262 e. The van der Waals surface area contributed by atoms with Gasteiger partial charge in [-0.15, -0.1) is 11.8 Å². The summed E-state index contributed by atoms with van der Waals surface area (Å²) in [7, 11) is -3.85. The molecule has 0 aliphatic heterocycles. The van der Waals surface area contributed by atoms with Crippen molar-refractivity contribution in [1.82, 2.24) is 0 Å². The molecule has 0 aliphatic carbocycles. The normalized spacial score (nSPS) is 11.3. The number of thioether (sulfide) groups is 1. The van der Waals surface area contributed by atoms with E-state index < -0.39 is 15.8 Å². The van der Waals surface area contributed by atoms with Gasteiger partial charge in [0.15, 0.2) is 0 Å². The summed E-state index contributed by atoms with van der Waals surface area (Å²) in [6.45, 7) is 1.98. The number of hydrogen-bond donors (Lipinski definition) is 2. The highest BCUT2D eigenvalue weighted by Crippen LogP contribution is 2.29. The van der Waals surface area contributed by atoms with Crippen molar-refractivity contribution in [1.29, 1.82) is 0 Å². The molecule has 112 valence electrons. The fraction of sp³-hybridized carbons (Fsp3) is 0.143. The summed E-state index contributed by atoms with van der Waals surface area (Å²) in [4.78, 5) is 0.657. The van der Waals surface area contributed by atoms with E-state index in [1.54, 1.807) is 12.1 Å². The van der Waals surface area contributed by atoms with E-state index >= 15 is 0 Å². The second-order valence-corrected chi connectivity index (χ2v) is 7.21. The Morgan fingerprint density at radius 3 is 2.62 bits per heavy atom. The molecule has 2 aromatic carbocycles. The molecule has 0 heterocycles. The van der Waals surface area contributed by atoms with Crippen LogP contribution in [0.2, 0.25) is 0 Å². The summed E-state index contributed by atoms with van der Waals surface area (Å²) >= 11 is 1.52. The van der Waals surface area contributed by atoms with Crippen molar-refractivity contribution < 1.29 is 12.8 Å². The average molecular weight is 326 g/mol. The summed E-state index contributed by atoms with van der Waals surface area (Å²) in [6, 6.07) is 10.5. The first-order chi connectivity index (χ1) is 9.94. The average Bonchev–Trinajstić information content (AvgIpc) is 2.44. The third-order valence-electron chi connectivity index (χ3n) is 2.71. The lowest BCUT2D eigenvalue weighted by atomic mass is 10.3. The molecule has 0 spiro atoms. The summed E-state index contributed by atoms with van der Waals surface area (Å²) in [5.74, 6) is 0.0593. The minimum absolute atomic E-state index is 0.0871. The van der Waals surface area contributed by atoms with Gasteiger partial charge in [0, 0.05) is 4.90 Å². The van der Waals surface area contributed by atoms with Crippen molar-refractivity contribution in [2.75, 3.05) is 16.2 Å². The molecule has 21 heavy (non-hydrogen) atoms. The predicted molar refractivity (Wildman–Crippen MR) is 84.5 cm³/mol. The first kappa shape index (κ1) is 15.7. The number of benzene rings is 2. The summed E-state index contributed by atoms with van der Waals surface area (Å²) in [5, 5.41) is 0. The Balaban J connectivity index is 2.35. The molecule has 2 rings (SSSR count). The summed E-state index contributed by atoms with van der Waals surface area (Å²) in [5.41, 5.74) is 5.74. The Bertz CT molecular complexity index is 748. The van der Waals surface area contributed by atoms with Gasteiger partial charge in [0.05, 0.1) is 16.3 Å². The highest BCUT2D eigenvalue weighted by Gasteiger charge is 2.17. The predicted octanol–water partition coefficient (Wildman–Crippen LogP) is 3.32. The van der Waals surface area contributed by atoms with Gasteiger partial charge in [0.1, 0.15) is 5.82 Å². The molecule has 0 atom stereocenters. The van der Waals surface area contributed by atoms with Crippen LogP contribution < -0.4 is 10.5 Å². The van der Waals surface area contributed by atoms with Crippen LogP contribution >= 0.6 is 11.8 Å². The van der Waals surface area contributed by atoms with Crippen LogP contribution in [0, 0.1) is 5.82 Å². The molecule has 0 radical (unpaired) electrons. The van der Waals surface area contributed by atoms with Gasteiger partial charge >= 0.3 is 0 Å². The fourth-order valence-electron chi connectivity index (χ4n) is 1.71. The van der Waals surface area contributed by atoms with E-state index in [-0.39, 0.29) is 10.6 Å². The van der Waals surface area contributed by atoms with Gasteiger partial charge in [-0.3, -0.25) is 4.72 Å². The number of anilines is 2. The van der Waals surface area contributed by atoms with Crippen molar-refractivity contribution in [2.45, 2.75) is 16.7 Å². The van der Waals surface area contributed by atoms with Crippen LogP contribution in [-0.4, -0.2) is 14.2 Å². The van der Waals surface area contributed by atoms with E-state index in [2.05, 4.69) is 4.72 Å². The fourth-order valence-corrected chi connectivity index (χ4v) is 3.63. The number of halogens is 1. The highest BCUT2D eigenvalue weighted by molar-refractivity contribution is 7.99. The maximum absolute atomic E-state index is 13.4. The number of para-hydroxylation sites is 1. The third-order valence-corrected chi connectivity index (χ3v) is 5.03. The quantitative estimate of drug-likeness (QED) is 0.653. The minimum Gasteiger partial charge on any atom is -0.396 e. The molecule has 2 aromatic rings. The monoisotopic (exact) mass is 326 g/mol. The molecule has 0 fully saturated rings. The maximum atomic E-state index is 13.4. The zero-order valence-corrected chi connectivity index (χ0v) is 13.0. The molecule has 7 heteroatoms. The Labute approximate surface area is 127 Å². The van der Waals surface area contributed by atoms with Crippen molar-refractivity contribution in [3.05, 3.63) is 48.3 Å². The van der Waals surface area contributed by atoms with E-state index in [4.69, 9.17) is 5.73 Å². The summed E-state index contributed by atoms with van der Waals surface area (Å²) < 4.78 is 40.5. The number of hydrogen-bond acceptors (Lipinski definition) is 4. The van der Waals surface area contributed by atoms with Crippen LogP contribution in [0.5, 0.6) is 0 Å². The SMILES string of the molecule is CCSc1ccccc1NS(=O)(=O)c1ccc(N)c(F)c1. The molecule has 0 saturated heterocycles. The first-order valence-corrected chi connectivity index (χ1v) is 8.70. The van der Waals surface area contributed by atoms with Gasteiger partial charge in [0.2, 0.25) is 0 Å². The Hall–Kier alpha value is -1.73. The van der Waals surface area contributed by atoms with Crippen LogP contribution in [0.15, 0.2) is 52.3 Å². The van der Waals surface area contributed by atoms with E-state index in [1.165, 1.54) is 23.9 Å². The standard InChI is InChI=1S/C14H15FN2O2S2/c1-2-20-14-6-4-3-5-13(14)17-21(18,19)10-7-8-12(16)11(15)9-10/h3-9,17H,2,16H2,1H3. The zero-order valence-electron chi connectivity index (χ0n) is 11.3. The van der Waals surface area contributed by atoms with Gasteiger partial charge in [-0.2, -0.15) is 0 Å². The van der Waals surface area contributed by atoms with Crippen LogP contribution in [0.4, 0.5) is 15.8 Å². The van der Waals surface area contributed by atoms with E-state index in [9.17, 15) is 12.8 Å². The Morgan fingerprint density at radius 2 is 1.95 bits per heavy atom. The minimum atomic E-state index is -3.85. The number of nitrogens with one attached hydrogen (secondary N) is 1. The molecular weight excluding hydrogens is 311 g/mol. The molecule has 0 saturated carbocycles. The molecular formula is C14H15FN2O2S2. The molecule has 0 aliphatic rings. The van der Waals surface area contributed by atoms with Gasteiger partial charge in [-0.25, -0.2) is 12.8 Å². The number of sulfonamides is 1. The van der Waals surface area contributed by atoms with Crippen molar-refractivity contribution >= 4 is 33.2 Å². The van der Waals surface area contributed by atoms with Crippen LogP contribution in [0.3, 0.4) is 0 Å². The number of nitrogens with two attached hydrogens (primary N) is 1. The second kappa shape index (κ2) is 6.36. The van der Waals surface area contributed by atoms with E-state index in [0.29, 0.717) is 5.69 Å². The number of nitrogen functional groups attached to an aromatic ring is 1. The molecule has 0 amide bonds. The van der Waals surface area contributed by atoms with Gasteiger partial charge in [-0.1, -0.05) is 19.1 Å². The van der Waals surface area contributed by atoms with Crippen molar-refractivity contribution in [3.8, 4) is 0 Å². The van der Waals surface area contributed by atoms with Crippen LogP contribution in [0.1, 0.15) is 6.92 Å². The highest BCUT2D eigenvalue weighted by atomic mass is 32.2. The van der Waals surface area contributed by atoms with Crippen LogP contribution in [-0.2, 0) is 10.0 Å². The lowest BCUT2D eigenvalue weighted by Crippen LogP contribution is -2.14. The second-order valence-electron chi connectivity index (χ2n) is 4.22. The van der Waals surface area contributed by atoms with Crippen molar-refractivity contribution in [3.63, 3.8) is 0 Å². The molecule has 0 unspecified atom stereocenters. The topological polar surface area (TPSA) is 72.2 Å². The van der Waals surface area contributed by atoms with Crippen molar-refractivity contribution in [2.24, 2.45) is 0 Å². The first-order valence-electron chi connectivity index (χ1n) is 6.23. The Kier molecular flexibility index (Phi) is 4.74. The summed E-state index contributed by atoms with van der Waals surface area (Å²) in [6.07, 6.45) is 0. The lowest BCUT2D eigenvalue weighted by molar-refractivity contribution is 0.596. The van der Waals surface area contributed by atoms with Crippen LogP contribution in [0.25, 0.3) is 0 Å². The zero-order chi connectivity index (χ0) is 15.5. The van der Waals surface area contributed by atoms with Gasteiger partial charge in [-0.05, 0) is 36.1 Å². The molecule has 4 nitrogen and oxygen atoms in total. The maximum Gasteiger partial charge on any atom is 0.262 e. The third kappa shape index (κ3) is 3.68. The number of rotatable bonds is 5. The Morgan fingerprint density at radius 1 is 1.24 bits per heavy atom. The van der Waals surface area contributed by atoms with E-state index in [0.717, 1.165) is 16.7 Å².